The van der Waals surface area contributed by atoms with E-state index in [1.807, 2.05) is 35.0 Å². The minimum atomic E-state index is 0.147. The fourth-order valence-electron chi connectivity index (χ4n) is 2.79. The number of ether oxygens (including phenoxy) is 1. The number of hydrogen-bond acceptors (Lipinski definition) is 4. The summed E-state index contributed by atoms with van der Waals surface area (Å²) in [7, 11) is 0. The van der Waals surface area contributed by atoms with Crippen LogP contribution >= 0.6 is 11.3 Å². The molecular formula is C18H15NO2S. The lowest BCUT2D eigenvalue weighted by atomic mass is 10.0. The number of nitrogens with zero attached hydrogens (tertiary/aromatic N) is 1. The summed E-state index contributed by atoms with van der Waals surface area (Å²) < 4.78 is 5.60. The van der Waals surface area contributed by atoms with Gasteiger partial charge in [-0.25, -0.2) is 4.98 Å². The van der Waals surface area contributed by atoms with Gasteiger partial charge in [0.2, 0.25) is 5.88 Å². The molecule has 3 heterocycles. The molecular weight excluding hydrogens is 294 g/mol. The zero-order valence-electron chi connectivity index (χ0n) is 12.0. The van der Waals surface area contributed by atoms with Gasteiger partial charge in [-0.05, 0) is 59.5 Å². The summed E-state index contributed by atoms with van der Waals surface area (Å²) >= 11 is 1.62. The number of fused-ring (bicyclic) bond motifs is 2. The van der Waals surface area contributed by atoms with Gasteiger partial charge < -0.3 is 4.74 Å². The van der Waals surface area contributed by atoms with Crippen molar-refractivity contribution in [3.63, 3.8) is 0 Å². The average molecular weight is 309 g/mol. The molecule has 0 spiro atoms. The second kappa shape index (κ2) is 5.54. The van der Waals surface area contributed by atoms with Gasteiger partial charge in [-0.1, -0.05) is 0 Å². The third-order valence-electron chi connectivity index (χ3n) is 3.95. The number of hydrogen-bond donors (Lipinski definition) is 0. The van der Waals surface area contributed by atoms with Gasteiger partial charge >= 0.3 is 0 Å². The van der Waals surface area contributed by atoms with Crippen molar-refractivity contribution < 1.29 is 9.53 Å². The Morgan fingerprint density at radius 2 is 2.23 bits per heavy atom. The minimum absolute atomic E-state index is 0.147. The van der Waals surface area contributed by atoms with E-state index in [0.29, 0.717) is 6.42 Å². The predicted octanol–water partition coefficient (Wildman–Crippen LogP) is 4.05. The van der Waals surface area contributed by atoms with Crippen LogP contribution in [0.5, 0.6) is 5.88 Å². The maximum Gasteiger partial charge on any atom is 0.217 e. The smallest absolute Gasteiger partial charge is 0.217 e. The largest absolute Gasteiger partial charge is 0.477 e. The molecule has 0 saturated carbocycles. The second-order valence-electron chi connectivity index (χ2n) is 5.54. The fraction of sp³-hybridized carbons (Fsp3) is 0.222. The molecule has 0 aliphatic carbocycles. The first-order valence-electron chi connectivity index (χ1n) is 7.40. The predicted molar refractivity (Wildman–Crippen MR) is 87.9 cm³/mol. The number of carbonyl (C=O) groups is 1. The molecule has 0 atom stereocenters. The Balaban J connectivity index is 1.69. The molecule has 3 aromatic rings. The van der Waals surface area contributed by atoms with Crippen molar-refractivity contribution in [3.8, 4) is 5.88 Å². The topological polar surface area (TPSA) is 39.2 Å². The third-order valence-corrected chi connectivity index (χ3v) is 4.68. The molecule has 1 aromatic carbocycles. The summed E-state index contributed by atoms with van der Waals surface area (Å²) in [4.78, 5) is 17.0. The summed E-state index contributed by atoms with van der Waals surface area (Å²) in [6.45, 7) is 0.739. The Labute approximate surface area is 132 Å². The number of pyridine rings is 1. The van der Waals surface area contributed by atoms with Crippen LogP contribution in [0.15, 0.2) is 41.1 Å². The Morgan fingerprint density at radius 1 is 1.27 bits per heavy atom. The molecule has 0 saturated heterocycles. The van der Waals surface area contributed by atoms with E-state index in [9.17, 15) is 4.79 Å². The van der Waals surface area contributed by atoms with Crippen molar-refractivity contribution in [3.05, 3.63) is 57.8 Å². The van der Waals surface area contributed by atoms with Crippen LogP contribution in [0.25, 0.3) is 10.9 Å². The van der Waals surface area contributed by atoms with Crippen LogP contribution in [0, 0.1) is 0 Å². The Bertz CT molecular complexity index is 840. The number of aryl methyl sites for hydroxylation is 1. The van der Waals surface area contributed by atoms with E-state index in [-0.39, 0.29) is 5.78 Å². The van der Waals surface area contributed by atoms with Crippen molar-refractivity contribution in [2.75, 3.05) is 6.61 Å². The van der Waals surface area contributed by atoms with Crippen LogP contribution in [0.4, 0.5) is 0 Å². The van der Waals surface area contributed by atoms with E-state index < -0.39 is 0 Å². The van der Waals surface area contributed by atoms with Crippen LogP contribution in [-0.4, -0.2) is 17.4 Å². The Hall–Kier alpha value is -2.20. The third kappa shape index (κ3) is 2.50. The van der Waals surface area contributed by atoms with Crippen molar-refractivity contribution in [1.29, 1.82) is 0 Å². The molecule has 0 fully saturated rings. The molecule has 0 unspecified atom stereocenters. The van der Waals surface area contributed by atoms with Crippen LogP contribution in [0.1, 0.15) is 27.9 Å². The molecule has 0 bridgehead atoms. The van der Waals surface area contributed by atoms with E-state index >= 15 is 0 Å². The molecule has 0 amide bonds. The minimum Gasteiger partial charge on any atom is -0.477 e. The number of rotatable bonds is 3. The molecule has 0 N–H and O–H groups in total. The van der Waals surface area contributed by atoms with Crippen LogP contribution in [0.3, 0.4) is 0 Å². The number of ketones is 1. The average Bonchev–Trinajstić information content (AvgIpc) is 3.05. The van der Waals surface area contributed by atoms with Gasteiger partial charge in [-0.15, -0.1) is 0 Å². The zero-order chi connectivity index (χ0) is 14.9. The zero-order valence-corrected chi connectivity index (χ0v) is 12.9. The number of aromatic nitrogens is 1. The molecule has 0 radical (unpaired) electrons. The van der Waals surface area contributed by atoms with Gasteiger partial charge in [0.05, 0.1) is 12.1 Å². The summed E-state index contributed by atoms with van der Waals surface area (Å²) in [6, 6.07) is 9.83. The first kappa shape index (κ1) is 13.5. The second-order valence-corrected chi connectivity index (χ2v) is 6.32. The van der Waals surface area contributed by atoms with Crippen LogP contribution in [-0.2, 0) is 12.8 Å². The first-order valence-corrected chi connectivity index (χ1v) is 8.35. The van der Waals surface area contributed by atoms with Crippen LogP contribution < -0.4 is 4.74 Å². The van der Waals surface area contributed by atoms with Gasteiger partial charge in [-0.3, -0.25) is 4.79 Å². The van der Waals surface area contributed by atoms with Gasteiger partial charge in [0.25, 0.3) is 0 Å². The highest BCUT2D eigenvalue weighted by molar-refractivity contribution is 7.08. The summed E-state index contributed by atoms with van der Waals surface area (Å²) in [6.07, 6.45) is 2.47. The lowest BCUT2D eigenvalue weighted by molar-refractivity contribution is 0.0993. The Morgan fingerprint density at radius 3 is 3.09 bits per heavy atom. The van der Waals surface area contributed by atoms with Gasteiger partial charge in [0, 0.05) is 22.9 Å². The van der Waals surface area contributed by atoms with Crippen molar-refractivity contribution in [2.45, 2.75) is 19.3 Å². The monoisotopic (exact) mass is 309 g/mol. The maximum atomic E-state index is 12.4. The van der Waals surface area contributed by atoms with Crippen LogP contribution in [0.2, 0.25) is 0 Å². The molecule has 22 heavy (non-hydrogen) atoms. The van der Waals surface area contributed by atoms with Crippen molar-refractivity contribution >= 4 is 28.0 Å². The number of benzene rings is 1. The Kier molecular flexibility index (Phi) is 3.39. The quantitative estimate of drug-likeness (QED) is 0.685. The van der Waals surface area contributed by atoms with Gasteiger partial charge in [-0.2, -0.15) is 11.3 Å². The highest BCUT2D eigenvalue weighted by Gasteiger charge is 2.14. The molecule has 110 valence electrons. The SMILES string of the molecule is O=C(Cc1ccsc1)c1ccc2nc3c(cc2c1)CCCO3. The fourth-order valence-corrected chi connectivity index (χ4v) is 3.46. The van der Waals surface area contributed by atoms with E-state index in [2.05, 4.69) is 11.1 Å². The molecule has 4 rings (SSSR count). The lowest BCUT2D eigenvalue weighted by Crippen LogP contribution is -2.10. The highest BCUT2D eigenvalue weighted by atomic mass is 32.1. The molecule has 1 aliphatic rings. The summed E-state index contributed by atoms with van der Waals surface area (Å²) in [5.74, 6) is 0.894. The number of thiophene rings is 1. The highest BCUT2D eigenvalue weighted by Crippen LogP contribution is 2.27. The van der Waals surface area contributed by atoms with E-state index in [0.717, 1.165) is 52.9 Å². The van der Waals surface area contributed by atoms with Crippen molar-refractivity contribution in [1.82, 2.24) is 4.98 Å². The van der Waals surface area contributed by atoms with E-state index in [4.69, 9.17) is 4.74 Å². The standard InChI is InChI=1S/C18H15NO2S/c20-17(8-12-5-7-22-11-12)13-3-4-16-15(9-13)10-14-2-1-6-21-18(14)19-16/h3-5,7,9-11H,1-2,6,8H2. The number of carbonyl (C=O) groups excluding carboxylic acids is 1. The van der Waals surface area contributed by atoms with E-state index in [1.54, 1.807) is 11.3 Å². The normalized spacial score (nSPS) is 13.6. The molecule has 3 nitrogen and oxygen atoms in total. The number of Topliss-reactive ketones (excluding diaryl/α,β-unsaturated/α-hetero) is 1. The molecule has 1 aliphatic heterocycles. The summed E-state index contributed by atoms with van der Waals surface area (Å²) in [5.41, 5.74) is 3.85. The maximum absolute atomic E-state index is 12.4. The molecule has 2 aromatic heterocycles. The van der Waals surface area contributed by atoms with E-state index in [1.165, 1.54) is 0 Å². The summed E-state index contributed by atoms with van der Waals surface area (Å²) in [5, 5.41) is 5.04. The lowest BCUT2D eigenvalue weighted by Gasteiger charge is -2.16. The first-order chi connectivity index (χ1) is 10.8. The van der Waals surface area contributed by atoms with Gasteiger partial charge in [0.15, 0.2) is 5.78 Å². The van der Waals surface area contributed by atoms with Gasteiger partial charge in [0.1, 0.15) is 0 Å². The molecule has 4 heteroatoms. The van der Waals surface area contributed by atoms with Crippen molar-refractivity contribution in [2.24, 2.45) is 0 Å².